The third-order valence-corrected chi connectivity index (χ3v) is 2.85. The molecule has 0 amide bonds. The summed E-state index contributed by atoms with van der Waals surface area (Å²) in [7, 11) is -4.80. The molecule has 1 aromatic heterocycles. The molecule has 0 unspecified atom stereocenters. The molecule has 96 valence electrons. The van der Waals surface area contributed by atoms with Crippen LogP contribution >= 0.6 is 0 Å². The van der Waals surface area contributed by atoms with Crippen molar-refractivity contribution in [2.75, 3.05) is 0 Å². The number of nitrogens with two attached hydrogens (primary N) is 1. The highest BCUT2D eigenvalue weighted by Crippen LogP contribution is 2.33. The minimum atomic E-state index is -4.80. The summed E-state index contributed by atoms with van der Waals surface area (Å²) in [5.41, 5.74) is -3.50. The van der Waals surface area contributed by atoms with E-state index in [9.17, 15) is 27.3 Å². The van der Waals surface area contributed by atoms with Crippen LogP contribution in [0.15, 0.2) is 11.1 Å². The number of halogens is 2. The van der Waals surface area contributed by atoms with E-state index in [-0.39, 0.29) is 0 Å². The monoisotopic (exact) mass is 278 g/mol. The predicted octanol–water partition coefficient (Wildman–Crippen LogP) is 0.446. The molecule has 1 rings (SSSR count). The Morgan fingerprint density at radius 1 is 1.56 bits per heavy atom. The zero-order valence-electron chi connectivity index (χ0n) is 8.37. The highest BCUT2D eigenvalue weighted by Gasteiger charge is 2.34. The fraction of sp³-hybridized carbons (Fsp3) is 0.143. The zero-order valence-corrected chi connectivity index (χ0v) is 9.19. The van der Waals surface area contributed by atoms with Gasteiger partial charge in [0.25, 0.3) is 6.43 Å². The van der Waals surface area contributed by atoms with Crippen molar-refractivity contribution in [2.45, 2.75) is 11.3 Å². The molecule has 0 aromatic carbocycles. The first-order valence-corrected chi connectivity index (χ1v) is 5.63. The molecule has 0 aliphatic rings. The van der Waals surface area contributed by atoms with E-state index >= 15 is 0 Å². The van der Waals surface area contributed by atoms with Gasteiger partial charge in [-0.05, 0) is 0 Å². The number of nitrogens with zero attached hydrogens (tertiary/aromatic N) is 3. The van der Waals surface area contributed by atoms with E-state index in [1.54, 1.807) is 0 Å². The zero-order chi connectivity index (χ0) is 14.1. The normalized spacial score (nSPS) is 11.3. The van der Waals surface area contributed by atoms with Gasteiger partial charge in [0, 0.05) is 0 Å². The van der Waals surface area contributed by atoms with Crippen molar-refractivity contribution in [1.82, 2.24) is 4.98 Å². The van der Waals surface area contributed by atoms with Crippen LogP contribution in [0.25, 0.3) is 0 Å². The number of sulfonamides is 1. The number of primary sulfonamides is 1. The van der Waals surface area contributed by atoms with Crippen LogP contribution in [-0.2, 0) is 10.0 Å². The Morgan fingerprint density at radius 3 is 2.44 bits per heavy atom. The molecule has 8 nitrogen and oxygen atoms in total. The quantitative estimate of drug-likeness (QED) is 0.628. The summed E-state index contributed by atoms with van der Waals surface area (Å²) in [5, 5.41) is 23.8. The van der Waals surface area contributed by atoms with Gasteiger partial charge in [-0.1, -0.05) is 0 Å². The summed E-state index contributed by atoms with van der Waals surface area (Å²) < 4.78 is 47.7. The highest BCUT2D eigenvalue weighted by molar-refractivity contribution is 7.89. The van der Waals surface area contributed by atoms with Crippen LogP contribution in [0.1, 0.15) is 17.7 Å². The standard InChI is InChI=1S/C7H4F2N4O4S/c8-7(9)5-3(1-10)12-2-4(13(14)15)6(5)18(11,16)17/h2,7H,(H2,11,16,17). The second-order valence-corrected chi connectivity index (χ2v) is 4.45. The Bertz CT molecular complexity index is 652. The molecule has 0 aliphatic carbocycles. The van der Waals surface area contributed by atoms with Gasteiger partial charge in [0.2, 0.25) is 10.0 Å². The number of hydrogen-bond acceptors (Lipinski definition) is 6. The largest absolute Gasteiger partial charge is 0.308 e. The summed E-state index contributed by atoms with van der Waals surface area (Å²) in [6.07, 6.45) is -3.05. The minimum Gasteiger partial charge on any atom is -0.258 e. The second-order valence-electron chi connectivity index (χ2n) is 2.95. The molecule has 0 atom stereocenters. The topological polar surface area (TPSA) is 140 Å². The molecule has 0 spiro atoms. The number of pyridine rings is 1. The minimum absolute atomic E-state index is 0.393. The van der Waals surface area contributed by atoms with E-state index in [1.165, 1.54) is 6.07 Å². The number of aromatic nitrogens is 1. The van der Waals surface area contributed by atoms with Gasteiger partial charge in [-0.25, -0.2) is 27.3 Å². The van der Waals surface area contributed by atoms with Crippen molar-refractivity contribution in [1.29, 1.82) is 5.26 Å². The molecular weight excluding hydrogens is 274 g/mol. The summed E-state index contributed by atoms with van der Waals surface area (Å²) >= 11 is 0. The fourth-order valence-electron chi connectivity index (χ4n) is 1.22. The Kier molecular flexibility index (Phi) is 3.54. The number of rotatable bonds is 3. The first-order chi connectivity index (χ1) is 8.20. The van der Waals surface area contributed by atoms with Gasteiger partial charge < -0.3 is 0 Å². The van der Waals surface area contributed by atoms with Gasteiger partial charge in [-0.15, -0.1) is 0 Å². The lowest BCUT2D eigenvalue weighted by atomic mass is 10.2. The van der Waals surface area contributed by atoms with Gasteiger partial charge >= 0.3 is 5.69 Å². The van der Waals surface area contributed by atoms with Gasteiger partial charge in [0.15, 0.2) is 10.6 Å². The van der Waals surface area contributed by atoms with Gasteiger partial charge in [-0.2, -0.15) is 5.26 Å². The van der Waals surface area contributed by atoms with Crippen LogP contribution < -0.4 is 5.14 Å². The summed E-state index contributed by atoms with van der Waals surface area (Å²) in [6, 6.07) is 1.22. The number of nitriles is 1. The fourth-order valence-corrected chi connectivity index (χ4v) is 2.13. The molecule has 0 aliphatic heterocycles. The molecule has 2 N–H and O–H groups in total. The average molecular weight is 278 g/mol. The van der Waals surface area contributed by atoms with E-state index in [4.69, 9.17) is 5.26 Å². The summed E-state index contributed by atoms with van der Waals surface area (Å²) in [4.78, 5) is 11.1. The van der Waals surface area contributed by atoms with Crippen LogP contribution in [0.4, 0.5) is 14.5 Å². The smallest absolute Gasteiger partial charge is 0.258 e. The Hall–Kier alpha value is -2.19. The van der Waals surface area contributed by atoms with E-state index in [0.717, 1.165) is 0 Å². The number of nitro groups is 1. The SMILES string of the molecule is N#Cc1ncc([N+](=O)[O-])c(S(N)(=O)=O)c1C(F)F. The molecule has 0 fully saturated rings. The average Bonchev–Trinajstić information content (AvgIpc) is 2.25. The maximum absolute atomic E-state index is 12.7. The summed E-state index contributed by atoms with van der Waals surface area (Å²) in [5.74, 6) is 0. The highest BCUT2D eigenvalue weighted by atomic mass is 32.2. The lowest BCUT2D eigenvalue weighted by Crippen LogP contribution is -2.18. The molecule has 18 heavy (non-hydrogen) atoms. The van der Waals surface area contributed by atoms with Gasteiger partial charge in [0.1, 0.15) is 12.3 Å². The molecular formula is C7H4F2N4O4S. The molecule has 0 saturated heterocycles. The number of hydrogen-bond donors (Lipinski definition) is 1. The molecule has 0 bridgehead atoms. The van der Waals surface area contributed by atoms with Crippen LogP contribution in [0.5, 0.6) is 0 Å². The Labute approximate surface area is 98.9 Å². The van der Waals surface area contributed by atoms with Gasteiger partial charge in [0.05, 0.1) is 10.5 Å². The van der Waals surface area contributed by atoms with E-state index in [2.05, 4.69) is 10.1 Å². The molecule has 1 aromatic rings. The van der Waals surface area contributed by atoms with Crippen molar-refractivity contribution >= 4 is 15.7 Å². The Balaban J connectivity index is 3.91. The maximum Gasteiger partial charge on any atom is 0.308 e. The summed E-state index contributed by atoms with van der Waals surface area (Å²) in [6.45, 7) is 0. The molecule has 11 heteroatoms. The lowest BCUT2D eigenvalue weighted by molar-refractivity contribution is -0.388. The van der Waals surface area contributed by atoms with Crippen LogP contribution in [0.2, 0.25) is 0 Å². The van der Waals surface area contributed by atoms with E-state index < -0.39 is 43.2 Å². The molecule has 0 radical (unpaired) electrons. The first kappa shape index (κ1) is 13.9. The van der Waals surface area contributed by atoms with Crippen molar-refractivity contribution in [3.8, 4) is 6.07 Å². The van der Waals surface area contributed by atoms with Crippen LogP contribution in [0.3, 0.4) is 0 Å². The third-order valence-electron chi connectivity index (χ3n) is 1.85. The van der Waals surface area contributed by atoms with Crippen molar-refractivity contribution in [2.24, 2.45) is 5.14 Å². The first-order valence-electron chi connectivity index (χ1n) is 4.08. The predicted molar refractivity (Wildman–Crippen MR) is 51.9 cm³/mol. The lowest BCUT2D eigenvalue weighted by Gasteiger charge is -2.08. The van der Waals surface area contributed by atoms with E-state index in [0.29, 0.717) is 6.20 Å². The van der Waals surface area contributed by atoms with E-state index in [1.807, 2.05) is 0 Å². The van der Waals surface area contributed by atoms with Crippen molar-refractivity contribution in [3.05, 3.63) is 27.6 Å². The maximum atomic E-state index is 12.7. The van der Waals surface area contributed by atoms with Crippen LogP contribution in [0, 0.1) is 21.4 Å². The number of alkyl halides is 2. The molecule has 0 saturated carbocycles. The van der Waals surface area contributed by atoms with Crippen LogP contribution in [-0.4, -0.2) is 18.3 Å². The Morgan fingerprint density at radius 2 is 2.11 bits per heavy atom. The van der Waals surface area contributed by atoms with Crippen molar-refractivity contribution in [3.63, 3.8) is 0 Å². The second kappa shape index (κ2) is 4.59. The third kappa shape index (κ3) is 2.39. The van der Waals surface area contributed by atoms with Crippen molar-refractivity contribution < 1.29 is 22.1 Å². The molecule has 1 heterocycles. The van der Waals surface area contributed by atoms with Gasteiger partial charge in [-0.3, -0.25) is 10.1 Å².